The first-order chi connectivity index (χ1) is 12.1. The van der Waals surface area contributed by atoms with E-state index < -0.39 is 23.4 Å². The summed E-state index contributed by atoms with van der Waals surface area (Å²) in [6.07, 6.45) is -3.54. The number of Topliss-reactive ketones (excluding diaryl/α,β-unsaturated/α-hetero) is 1. The Balaban J connectivity index is 2.28. The zero-order valence-corrected chi connectivity index (χ0v) is 15.2. The molecule has 8 heteroatoms. The van der Waals surface area contributed by atoms with Gasteiger partial charge in [0.15, 0.2) is 5.78 Å². The van der Waals surface area contributed by atoms with E-state index in [-0.39, 0.29) is 34.8 Å². The van der Waals surface area contributed by atoms with Crippen LogP contribution in [0.5, 0.6) is 0 Å². The van der Waals surface area contributed by atoms with Gasteiger partial charge in [-0.3, -0.25) is 9.79 Å². The number of aliphatic hydroxyl groups is 1. The largest absolute Gasteiger partial charge is 0.511 e. The van der Waals surface area contributed by atoms with Gasteiger partial charge in [-0.1, -0.05) is 17.7 Å². The molecule has 1 aromatic carbocycles. The molecule has 0 heterocycles. The Morgan fingerprint density at radius 2 is 2.04 bits per heavy atom. The maximum Gasteiger partial charge on any atom is 0.416 e. The molecule has 1 aliphatic rings. The Kier molecular flexibility index (Phi) is 6.47. The van der Waals surface area contributed by atoms with Gasteiger partial charge in [-0.2, -0.15) is 13.2 Å². The summed E-state index contributed by atoms with van der Waals surface area (Å²) in [4.78, 5) is 18.4. The lowest BCUT2D eigenvalue weighted by Gasteiger charge is -2.26. The van der Waals surface area contributed by atoms with Gasteiger partial charge >= 0.3 is 6.18 Å². The number of ketones is 1. The van der Waals surface area contributed by atoms with Gasteiger partial charge in [0.2, 0.25) is 0 Å². The molecule has 0 amide bonds. The number of hydrogen-bond acceptors (Lipinski definition) is 4. The van der Waals surface area contributed by atoms with Crippen molar-refractivity contribution in [1.29, 1.82) is 0 Å². The third-order valence-corrected chi connectivity index (χ3v) is 4.48. The lowest BCUT2D eigenvalue weighted by atomic mass is 9.81. The molecule has 26 heavy (non-hydrogen) atoms. The summed E-state index contributed by atoms with van der Waals surface area (Å²) in [5, 5.41) is 10.1. The highest BCUT2D eigenvalue weighted by Gasteiger charge is 2.38. The van der Waals surface area contributed by atoms with Crippen LogP contribution in [0.25, 0.3) is 0 Å². The first-order valence-corrected chi connectivity index (χ1v) is 8.44. The molecule has 0 aromatic heterocycles. The van der Waals surface area contributed by atoms with E-state index in [0.717, 1.165) is 6.07 Å². The Bertz CT molecular complexity index is 742. The molecule has 1 aromatic rings. The van der Waals surface area contributed by atoms with Crippen molar-refractivity contribution in [1.82, 2.24) is 4.90 Å². The minimum atomic E-state index is -4.59. The quantitative estimate of drug-likeness (QED) is 0.767. The lowest BCUT2D eigenvalue weighted by molar-refractivity contribution is -0.138. The van der Waals surface area contributed by atoms with Crippen LogP contribution in [0.2, 0.25) is 5.02 Å². The predicted molar refractivity (Wildman–Crippen MR) is 95.0 cm³/mol. The first kappa shape index (κ1) is 20.5. The molecule has 1 atom stereocenters. The topological polar surface area (TPSA) is 52.9 Å². The van der Waals surface area contributed by atoms with Gasteiger partial charge in [-0.25, -0.2) is 0 Å². The second-order valence-corrected chi connectivity index (χ2v) is 6.83. The number of rotatable bonds is 5. The SMILES string of the molecule is CN(C)CCN=CC1=C(O)CC(c2c(Cl)cccc2C(F)(F)F)CC1=O. The van der Waals surface area contributed by atoms with E-state index in [4.69, 9.17) is 11.6 Å². The number of hydrogen-bond donors (Lipinski definition) is 1. The molecule has 0 spiro atoms. The monoisotopic (exact) mass is 388 g/mol. The fraction of sp³-hybridized carbons (Fsp3) is 0.444. The van der Waals surface area contributed by atoms with Gasteiger partial charge in [0.1, 0.15) is 5.76 Å². The molecule has 4 nitrogen and oxygen atoms in total. The Hall–Kier alpha value is -1.86. The van der Waals surface area contributed by atoms with Crippen LogP contribution in [-0.2, 0) is 11.0 Å². The van der Waals surface area contributed by atoms with Crippen molar-refractivity contribution in [2.75, 3.05) is 27.2 Å². The summed E-state index contributed by atoms with van der Waals surface area (Å²) in [5.74, 6) is -1.53. The van der Waals surface area contributed by atoms with E-state index in [0.29, 0.717) is 13.1 Å². The molecule has 0 fully saturated rings. The van der Waals surface area contributed by atoms with Crippen molar-refractivity contribution in [3.63, 3.8) is 0 Å². The first-order valence-electron chi connectivity index (χ1n) is 8.06. The predicted octanol–water partition coefficient (Wildman–Crippen LogP) is 4.25. The zero-order valence-electron chi connectivity index (χ0n) is 14.5. The number of benzene rings is 1. The molecule has 1 unspecified atom stereocenters. The van der Waals surface area contributed by atoms with Crippen molar-refractivity contribution in [3.8, 4) is 0 Å². The van der Waals surface area contributed by atoms with Crippen LogP contribution in [-0.4, -0.2) is 49.2 Å². The van der Waals surface area contributed by atoms with Crippen molar-refractivity contribution < 1.29 is 23.1 Å². The maximum absolute atomic E-state index is 13.3. The minimum Gasteiger partial charge on any atom is -0.511 e. The molecule has 142 valence electrons. The number of carbonyl (C=O) groups is 1. The third kappa shape index (κ3) is 4.86. The Morgan fingerprint density at radius 3 is 2.62 bits per heavy atom. The summed E-state index contributed by atoms with van der Waals surface area (Å²) in [6.45, 7) is 1.12. The molecule has 0 saturated carbocycles. The van der Waals surface area contributed by atoms with Crippen molar-refractivity contribution in [2.45, 2.75) is 24.9 Å². The van der Waals surface area contributed by atoms with Crippen LogP contribution >= 0.6 is 11.6 Å². The van der Waals surface area contributed by atoms with Gasteiger partial charge in [-0.15, -0.1) is 0 Å². The summed E-state index contributed by atoms with van der Waals surface area (Å²) in [6, 6.07) is 3.51. The summed E-state index contributed by atoms with van der Waals surface area (Å²) in [5.41, 5.74) is -0.968. The summed E-state index contributed by atoms with van der Waals surface area (Å²) < 4.78 is 39.8. The number of nitrogens with zero attached hydrogens (tertiary/aromatic N) is 2. The van der Waals surface area contributed by atoms with E-state index in [9.17, 15) is 23.1 Å². The van der Waals surface area contributed by atoms with E-state index in [1.807, 2.05) is 19.0 Å². The zero-order chi connectivity index (χ0) is 19.5. The van der Waals surface area contributed by atoms with Crippen LogP contribution in [0.4, 0.5) is 13.2 Å². The number of likely N-dealkylation sites (N-methyl/N-ethyl adjacent to an activating group) is 1. The van der Waals surface area contributed by atoms with Crippen molar-refractivity contribution in [3.05, 3.63) is 45.7 Å². The second kappa shape index (κ2) is 8.22. The van der Waals surface area contributed by atoms with E-state index in [1.165, 1.54) is 18.3 Å². The summed E-state index contributed by atoms with van der Waals surface area (Å²) >= 11 is 5.99. The van der Waals surface area contributed by atoms with Crippen LogP contribution < -0.4 is 0 Å². The van der Waals surface area contributed by atoms with Crippen molar-refractivity contribution >= 4 is 23.6 Å². The Labute approximate surface area is 155 Å². The standard InChI is InChI=1S/C18H20ClF3N2O2/c1-24(2)7-6-23-10-12-15(25)8-11(9-16(12)26)17-13(18(20,21)22)4-3-5-14(17)19/h3-5,10-11,25H,6-9H2,1-2H3. The number of carbonyl (C=O) groups excluding carboxylic acids is 1. The van der Waals surface area contributed by atoms with Crippen LogP contribution in [0, 0.1) is 0 Å². The second-order valence-electron chi connectivity index (χ2n) is 6.43. The minimum absolute atomic E-state index is 0.0561. The number of alkyl halides is 3. The van der Waals surface area contributed by atoms with Crippen LogP contribution in [0.3, 0.4) is 0 Å². The van der Waals surface area contributed by atoms with Gasteiger partial charge in [0.05, 0.1) is 17.7 Å². The fourth-order valence-corrected chi connectivity index (χ4v) is 3.20. The average molecular weight is 389 g/mol. The van der Waals surface area contributed by atoms with E-state index in [2.05, 4.69) is 4.99 Å². The molecule has 1 aliphatic carbocycles. The smallest absolute Gasteiger partial charge is 0.416 e. The van der Waals surface area contributed by atoms with Gasteiger partial charge in [0.25, 0.3) is 0 Å². The van der Waals surface area contributed by atoms with Crippen LogP contribution in [0.15, 0.2) is 34.5 Å². The van der Waals surface area contributed by atoms with Crippen LogP contribution in [0.1, 0.15) is 29.9 Å². The van der Waals surface area contributed by atoms with Gasteiger partial charge < -0.3 is 10.0 Å². The molecule has 0 aliphatic heterocycles. The number of halogens is 4. The number of aliphatic imine (C=N–C) groups is 1. The maximum atomic E-state index is 13.3. The Morgan fingerprint density at radius 1 is 1.35 bits per heavy atom. The summed E-state index contributed by atoms with van der Waals surface area (Å²) in [7, 11) is 3.76. The lowest BCUT2D eigenvalue weighted by Crippen LogP contribution is -2.22. The molecule has 0 saturated heterocycles. The molecular weight excluding hydrogens is 369 g/mol. The normalized spacial score (nSPS) is 19.0. The highest BCUT2D eigenvalue weighted by atomic mass is 35.5. The molecule has 1 N–H and O–H groups in total. The highest BCUT2D eigenvalue weighted by Crippen LogP contribution is 2.43. The molecule has 0 radical (unpaired) electrons. The van der Waals surface area contributed by atoms with Gasteiger partial charge in [-0.05, 0) is 31.8 Å². The highest BCUT2D eigenvalue weighted by molar-refractivity contribution is 6.31. The van der Waals surface area contributed by atoms with Gasteiger partial charge in [0, 0.05) is 36.5 Å². The molecule has 0 bridgehead atoms. The number of allylic oxidation sites excluding steroid dienone is 2. The van der Waals surface area contributed by atoms with E-state index in [1.54, 1.807) is 0 Å². The average Bonchev–Trinajstić information content (AvgIpc) is 2.51. The van der Waals surface area contributed by atoms with Crippen molar-refractivity contribution in [2.24, 2.45) is 4.99 Å². The van der Waals surface area contributed by atoms with E-state index >= 15 is 0 Å². The number of aliphatic hydroxyl groups excluding tert-OH is 1. The fourth-order valence-electron chi connectivity index (χ4n) is 2.87. The molecule has 2 rings (SSSR count). The third-order valence-electron chi connectivity index (χ3n) is 4.15. The molecular formula is C18H20ClF3N2O2.